The van der Waals surface area contributed by atoms with Crippen molar-refractivity contribution in [1.29, 1.82) is 0 Å². The fraction of sp³-hybridized carbons (Fsp3) is 0.750. The SMILES string of the molecule is CCC1CCCCC1/C=C(\C)C(=O)O. The van der Waals surface area contributed by atoms with Gasteiger partial charge in [0.1, 0.15) is 0 Å². The highest BCUT2D eigenvalue weighted by Crippen LogP contribution is 2.33. The first-order valence-electron chi connectivity index (χ1n) is 5.56. The monoisotopic (exact) mass is 196 g/mol. The van der Waals surface area contributed by atoms with Crippen molar-refractivity contribution in [2.45, 2.75) is 46.0 Å². The molecule has 80 valence electrons. The molecule has 2 nitrogen and oxygen atoms in total. The van der Waals surface area contributed by atoms with Crippen molar-refractivity contribution in [3.63, 3.8) is 0 Å². The van der Waals surface area contributed by atoms with E-state index >= 15 is 0 Å². The summed E-state index contributed by atoms with van der Waals surface area (Å²) in [5.41, 5.74) is 0.510. The minimum atomic E-state index is -0.773. The topological polar surface area (TPSA) is 37.3 Å². The summed E-state index contributed by atoms with van der Waals surface area (Å²) in [6, 6.07) is 0. The summed E-state index contributed by atoms with van der Waals surface area (Å²) >= 11 is 0. The number of hydrogen-bond acceptors (Lipinski definition) is 1. The van der Waals surface area contributed by atoms with E-state index in [1.807, 2.05) is 6.08 Å². The average molecular weight is 196 g/mol. The second-order valence-corrected chi connectivity index (χ2v) is 4.27. The van der Waals surface area contributed by atoms with Crippen LogP contribution >= 0.6 is 0 Å². The molecule has 1 rings (SSSR count). The Hall–Kier alpha value is -0.790. The Morgan fingerprint density at radius 1 is 1.43 bits per heavy atom. The van der Waals surface area contributed by atoms with E-state index in [4.69, 9.17) is 5.11 Å². The third kappa shape index (κ3) is 2.86. The quantitative estimate of drug-likeness (QED) is 0.703. The number of carboxylic acid groups (broad SMARTS) is 1. The minimum absolute atomic E-state index is 0.504. The first-order valence-corrected chi connectivity index (χ1v) is 5.56. The van der Waals surface area contributed by atoms with Crippen LogP contribution in [0.25, 0.3) is 0 Å². The van der Waals surface area contributed by atoms with Gasteiger partial charge in [-0.3, -0.25) is 0 Å². The van der Waals surface area contributed by atoms with E-state index < -0.39 is 5.97 Å². The zero-order valence-electron chi connectivity index (χ0n) is 9.12. The van der Waals surface area contributed by atoms with Crippen LogP contribution in [0.5, 0.6) is 0 Å². The smallest absolute Gasteiger partial charge is 0.330 e. The maximum absolute atomic E-state index is 10.7. The number of carboxylic acids is 1. The third-order valence-electron chi connectivity index (χ3n) is 3.29. The molecule has 1 saturated carbocycles. The number of rotatable bonds is 3. The lowest BCUT2D eigenvalue weighted by molar-refractivity contribution is -0.132. The summed E-state index contributed by atoms with van der Waals surface area (Å²) in [6.07, 6.45) is 8.15. The summed E-state index contributed by atoms with van der Waals surface area (Å²) in [7, 11) is 0. The van der Waals surface area contributed by atoms with Crippen molar-refractivity contribution in [3.05, 3.63) is 11.6 Å². The highest BCUT2D eigenvalue weighted by Gasteiger charge is 2.22. The first-order chi connectivity index (χ1) is 6.65. The van der Waals surface area contributed by atoms with Gasteiger partial charge in [0.2, 0.25) is 0 Å². The van der Waals surface area contributed by atoms with Gasteiger partial charge in [-0.2, -0.15) is 0 Å². The van der Waals surface area contributed by atoms with Gasteiger partial charge in [0.05, 0.1) is 0 Å². The molecule has 0 aromatic heterocycles. The summed E-state index contributed by atoms with van der Waals surface area (Å²) in [6.45, 7) is 3.90. The molecule has 0 saturated heterocycles. The zero-order valence-corrected chi connectivity index (χ0v) is 9.12. The maximum Gasteiger partial charge on any atom is 0.330 e. The van der Waals surface area contributed by atoms with Gasteiger partial charge in [0.25, 0.3) is 0 Å². The lowest BCUT2D eigenvalue weighted by atomic mass is 9.77. The molecule has 0 aromatic rings. The molecule has 0 amide bonds. The highest BCUT2D eigenvalue weighted by atomic mass is 16.4. The summed E-state index contributed by atoms with van der Waals surface area (Å²) < 4.78 is 0. The number of hydrogen-bond donors (Lipinski definition) is 1. The Morgan fingerprint density at radius 2 is 2.07 bits per heavy atom. The van der Waals surface area contributed by atoms with Crippen molar-refractivity contribution >= 4 is 5.97 Å². The van der Waals surface area contributed by atoms with Crippen LogP contribution in [-0.2, 0) is 4.79 Å². The van der Waals surface area contributed by atoms with Gasteiger partial charge in [-0.1, -0.05) is 32.3 Å². The van der Waals surface area contributed by atoms with E-state index in [9.17, 15) is 4.79 Å². The van der Waals surface area contributed by atoms with Gasteiger partial charge in [0.15, 0.2) is 0 Å². The van der Waals surface area contributed by atoms with E-state index in [2.05, 4.69) is 6.92 Å². The molecule has 0 aliphatic heterocycles. The normalized spacial score (nSPS) is 28.9. The van der Waals surface area contributed by atoms with Gasteiger partial charge in [0, 0.05) is 5.57 Å². The number of allylic oxidation sites excluding steroid dienone is 1. The Labute approximate surface area is 86.0 Å². The lowest BCUT2D eigenvalue weighted by Crippen LogP contribution is -2.18. The van der Waals surface area contributed by atoms with Crippen molar-refractivity contribution in [3.8, 4) is 0 Å². The summed E-state index contributed by atoms with van der Waals surface area (Å²) in [5, 5.41) is 8.80. The van der Waals surface area contributed by atoms with Crippen molar-refractivity contribution in [1.82, 2.24) is 0 Å². The molecule has 1 fully saturated rings. The molecule has 1 aliphatic rings. The second kappa shape index (κ2) is 5.18. The Morgan fingerprint density at radius 3 is 2.64 bits per heavy atom. The van der Waals surface area contributed by atoms with Crippen LogP contribution in [0.4, 0.5) is 0 Å². The van der Waals surface area contributed by atoms with Gasteiger partial charge in [-0.05, 0) is 31.6 Å². The van der Waals surface area contributed by atoms with Crippen molar-refractivity contribution < 1.29 is 9.90 Å². The molecule has 0 bridgehead atoms. The van der Waals surface area contributed by atoms with Crippen LogP contribution < -0.4 is 0 Å². The molecule has 1 N–H and O–H groups in total. The Bertz CT molecular complexity index is 230. The zero-order chi connectivity index (χ0) is 10.6. The minimum Gasteiger partial charge on any atom is -0.478 e. The predicted octanol–water partition coefficient (Wildman–Crippen LogP) is 3.23. The molecular formula is C12H20O2. The molecule has 0 spiro atoms. The second-order valence-electron chi connectivity index (χ2n) is 4.27. The van der Waals surface area contributed by atoms with Crippen LogP contribution in [0.15, 0.2) is 11.6 Å². The molecule has 0 radical (unpaired) electrons. The molecule has 1 aliphatic carbocycles. The van der Waals surface area contributed by atoms with Crippen molar-refractivity contribution in [2.75, 3.05) is 0 Å². The number of carbonyl (C=O) groups is 1. The van der Waals surface area contributed by atoms with Crippen LogP contribution in [0.2, 0.25) is 0 Å². The van der Waals surface area contributed by atoms with E-state index in [1.165, 1.54) is 32.1 Å². The van der Waals surface area contributed by atoms with Gasteiger partial charge < -0.3 is 5.11 Å². The fourth-order valence-corrected chi connectivity index (χ4v) is 2.36. The van der Waals surface area contributed by atoms with Crippen LogP contribution in [0, 0.1) is 11.8 Å². The number of aliphatic carboxylic acids is 1. The van der Waals surface area contributed by atoms with Crippen LogP contribution in [0.3, 0.4) is 0 Å². The third-order valence-corrected chi connectivity index (χ3v) is 3.29. The molecule has 2 atom stereocenters. The molecular weight excluding hydrogens is 176 g/mol. The van der Waals surface area contributed by atoms with Crippen LogP contribution in [0.1, 0.15) is 46.0 Å². The summed E-state index contributed by atoms with van der Waals surface area (Å²) in [4.78, 5) is 10.7. The highest BCUT2D eigenvalue weighted by molar-refractivity contribution is 5.85. The van der Waals surface area contributed by atoms with Crippen LogP contribution in [-0.4, -0.2) is 11.1 Å². The van der Waals surface area contributed by atoms with Gasteiger partial charge in [-0.15, -0.1) is 0 Å². The molecule has 0 aromatic carbocycles. The molecule has 0 heterocycles. The van der Waals surface area contributed by atoms with E-state index in [1.54, 1.807) is 6.92 Å². The lowest BCUT2D eigenvalue weighted by Gasteiger charge is -2.28. The van der Waals surface area contributed by atoms with Gasteiger partial charge in [-0.25, -0.2) is 4.79 Å². The predicted molar refractivity (Wildman–Crippen MR) is 57.1 cm³/mol. The average Bonchev–Trinajstić information content (AvgIpc) is 2.18. The largest absolute Gasteiger partial charge is 0.478 e. The van der Waals surface area contributed by atoms with Gasteiger partial charge >= 0.3 is 5.97 Å². The molecule has 14 heavy (non-hydrogen) atoms. The van der Waals surface area contributed by atoms with E-state index in [0.29, 0.717) is 17.4 Å². The Kier molecular flexibility index (Phi) is 4.18. The fourth-order valence-electron chi connectivity index (χ4n) is 2.36. The maximum atomic E-state index is 10.7. The van der Waals surface area contributed by atoms with Crippen molar-refractivity contribution in [2.24, 2.45) is 11.8 Å². The van der Waals surface area contributed by atoms with E-state index in [-0.39, 0.29) is 0 Å². The first kappa shape index (κ1) is 11.3. The molecule has 2 heteroatoms. The van der Waals surface area contributed by atoms with E-state index in [0.717, 1.165) is 0 Å². The molecule has 2 unspecified atom stereocenters. The summed E-state index contributed by atoms with van der Waals surface area (Å²) in [5.74, 6) is 0.438. The Balaban J connectivity index is 2.64. The standard InChI is InChI=1S/C12H20O2/c1-3-10-6-4-5-7-11(10)8-9(2)12(13)14/h8,10-11H,3-7H2,1-2H3,(H,13,14)/b9-8+.